The van der Waals surface area contributed by atoms with Crippen LogP contribution in [-0.2, 0) is 25.6 Å². The second kappa shape index (κ2) is 127. The molecular formula is H3AlO3Zn. The summed E-state index contributed by atoms with van der Waals surface area (Å²) in [5, 5.41) is 0. The average Bonchev–Trinajstić information content (AvgIpc) is 1.50. The van der Waals surface area contributed by atoms with Crippen molar-refractivity contribution < 1.29 is 31.1 Å². The summed E-state index contributed by atoms with van der Waals surface area (Å²) < 4.78 is 16.7. The van der Waals surface area contributed by atoms with Gasteiger partial charge in [-0.2, -0.15) is 0 Å². The second-order valence-corrected chi connectivity index (χ2v) is 0. The Morgan fingerprint density at radius 2 is 1.20 bits per heavy atom. The van der Waals surface area contributed by atoms with E-state index in [9.17, 15) is 0 Å². The fraction of sp³-hybridized carbons (Fsp3) is 0. The Bertz CT molecular complexity index is 8.85. The first-order chi connectivity index (χ1) is 2.00. The third-order valence-electron chi connectivity index (χ3n) is 0. The van der Waals surface area contributed by atoms with Gasteiger partial charge in [-0.15, -0.1) is 0 Å². The Kier molecular flexibility index (Phi) is 438. The predicted molar refractivity (Wildman–Crippen MR) is 12.1 cm³/mol. The van der Waals surface area contributed by atoms with Crippen LogP contribution in [0.2, 0.25) is 0 Å². The minimum absolute atomic E-state index is 0. The summed E-state index contributed by atoms with van der Waals surface area (Å²) in [5.41, 5.74) is 0. The van der Waals surface area contributed by atoms with Gasteiger partial charge in [-0.1, -0.05) is 0 Å². The molecule has 0 aliphatic rings. The van der Waals surface area contributed by atoms with Crippen LogP contribution in [0.1, 0.15) is 0 Å². The Morgan fingerprint density at radius 3 is 1.20 bits per heavy atom. The first-order valence-corrected chi connectivity index (χ1v) is 2.37. The van der Waals surface area contributed by atoms with Gasteiger partial charge in [0.25, 0.3) is 0 Å². The monoisotopic (exact) mass is 142 g/mol. The summed E-state index contributed by atoms with van der Waals surface area (Å²) in [5.74, 6) is 0. The summed E-state index contributed by atoms with van der Waals surface area (Å²) >= 11 is 0.736. The molecule has 0 aromatic carbocycles. The SMILES string of the molecule is O.[O]=[AlH].[O]=[Zn]. The van der Waals surface area contributed by atoms with Gasteiger partial charge < -0.3 is 5.48 Å². The number of hydrogen-bond donors (Lipinski definition) is 0. The summed E-state index contributed by atoms with van der Waals surface area (Å²) in [7, 11) is 0. The summed E-state index contributed by atoms with van der Waals surface area (Å²) in [6.07, 6.45) is 0. The number of hydrogen-bond acceptors (Lipinski definition) is 2. The molecule has 5 heteroatoms. The second-order valence-electron chi connectivity index (χ2n) is 0. The van der Waals surface area contributed by atoms with E-state index < -0.39 is 0 Å². The van der Waals surface area contributed by atoms with Gasteiger partial charge in [0.1, 0.15) is 0 Å². The van der Waals surface area contributed by atoms with E-state index in [2.05, 4.69) is 0 Å². The van der Waals surface area contributed by atoms with Gasteiger partial charge in [0.15, 0.2) is 0 Å². The maximum absolute atomic E-state index is 8.38. The molecular weight excluding hydrogens is 140 g/mol. The van der Waals surface area contributed by atoms with Gasteiger partial charge in [0.2, 0.25) is 0 Å². The fourth-order valence-corrected chi connectivity index (χ4v) is 0. The van der Waals surface area contributed by atoms with E-state index in [1.807, 2.05) is 0 Å². The van der Waals surface area contributed by atoms with Crippen LogP contribution in [0.3, 0.4) is 0 Å². The van der Waals surface area contributed by atoms with Crippen LogP contribution in [0.25, 0.3) is 0 Å². The molecule has 0 atom stereocenters. The Morgan fingerprint density at radius 1 is 1.20 bits per heavy atom. The molecule has 0 aromatic heterocycles. The summed E-state index contributed by atoms with van der Waals surface area (Å²) in [6.45, 7) is 0. The van der Waals surface area contributed by atoms with Crippen LogP contribution in [0.4, 0.5) is 0 Å². The first-order valence-electron chi connectivity index (χ1n) is 0.577. The summed E-state index contributed by atoms with van der Waals surface area (Å²) in [6, 6.07) is 0. The molecule has 0 spiro atoms. The van der Waals surface area contributed by atoms with Gasteiger partial charge >= 0.3 is 41.9 Å². The molecule has 0 radical (unpaired) electrons. The van der Waals surface area contributed by atoms with Crippen molar-refractivity contribution in [3.05, 3.63) is 0 Å². The van der Waals surface area contributed by atoms with Gasteiger partial charge in [0.05, 0.1) is 0 Å². The molecule has 26 valence electrons. The Hall–Kier alpha value is 0.716. The molecule has 0 aliphatic carbocycles. The molecule has 0 bridgehead atoms. The fourth-order valence-electron chi connectivity index (χ4n) is 0. The van der Waals surface area contributed by atoms with Crippen molar-refractivity contribution in [2.45, 2.75) is 0 Å². The quantitative estimate of drug-likeness (QED) is 0.379. The molecule has 0 unspecified atom stereocenters. The van der Waals surface area contributed by atoms with E-state index in [1.54, 1.807) is 0 Å². The van der Waals surface area contributed by atoms with E-state index in [0.717, 1.165) is 0 Å². The summed E-state index contributed by atoms with van der Waals surface area (Å²) in [4.78, 5) is 0. The third-order valence-corrected chi connectivity index (χ3v) is 0. The molecule has 0 saturated heterocycles. The van der Waals surface area contributed by atoms with Crippen molar-refractivity contribution in [1.82, 2.24) is 0 Å². The van der Waals surface area contributed by atoms with Crippen molar-refractivity contribution in [1.29, 1.82) is 0 Å². The van der Waals surface area contributed by atoms with Crippen LogP contribution < -0.4 is 0 Å². The average molecular weight is 143 g/mol. The topological polar surface area (TPSA) is 65.6 Å². The van der Waals surface area contributed by atoms with Crippen molar-refractivity contribution in [2.75, 3.05) is 0 Å². The van der Waals surface area contributed by atoms with Crippen molar-refractivity contribution in [3.8, 4) is 0 Å². The normalized spacial score (nSPS) is 1.80. The number of rotatable bonds is 0. The van der Waals surface area contributed by atoms with E-state index in [1.165, 1.54) is 0 Å². The van der Waals surface area contributed by atoms with Crippen LogP contribution >= 0.6 is 0 Å². The van der Waals surface area contributed by atoms with Crippen LogP contribution in [0.5, 0.6) is 0 Å². The molecule has 0 rings (SSSR count). The Balaban J connectivity index is -0.0000000133. The van der Waals surface area contributed by atoms with Crippen molar-refractivity contribution in [3.63, 3.8) is 0 Å². The standard InChI is InChI=1S/Al.H2O.2O.Zn.H/h;1H2;;;;. The van der Waals surface area contributed by atoms with Crippen LogP contribution in [0.15, 0.2) is 0 Å². The van der Waals surface area contributed by atoms with Crippen molar-refractivity contribution in [2.24, 2.45) is 0 Å². The molecule has 0 heterocycles. The Labute approximate surface area is 47.6 Å². The van der Waals surface area contributed by atoms with Crippen molar-refractivity contribution >= 4 is 16.2 Å². The molecule has 3 nitrogen and oxygen atoms in total. The van der Waals surface area contributed by atoms with E-state index in [-0.39, 0.29) is 23.7 Å². The van der Waals surface area contributed by atoms with Gasteiger partial charge in [-0.05, 0) is 0 Å². The molecule has 0 aliphatic heterocycles. The van der Waals surface area contributed by atoms with E-state index >= 15 is 0 Å². The molecule has 2 N–H and O–H groups in total. The van der Waals surface area contributed by atoms with Gasteiger partial charge in [-0.3, -0.25) is 0 Å². The van der Waals surface area contributed by atoms with Gasteiger partial charge in [0, 0.05) is 0 Å². The zero-order valence-electron chi connectivity index (χ0n) is 2.73. The zero-order chi connectivity index (χ0) is 4.00. The minimum atomic E-state index is 0. The predicted octanol–water partition coefficient (Wildman–Crippen LogP) is -1.71. The molecule has 0 fully saturated rings. The van der Waals surface area contributed by atoms with Gasteiger partial charge in [-0.25, -0.2) is 0 Å². The van der Waals surface area contributed by atoms with Crippen LogP contribution in [-0.4, -0.2) is 21.7 Å². The molecule has 5 heavy (non-hydrogen) atoms. The van der Waals surface area contributed by atoms with E-state index in [0.29, 0.717) is 16.2 Å². The first kappa shape index (κ1) is 17.2. The van der Waals surface area contributed by atoms with E-state index in [4.69, 9.17) is 7.38 Å². The maximum atomic E-state index is 8.38. The molecule has 0 amide bonds. The van der Waals surface area contributed by atoms with Crippen LogP contribution in [0, 0.1) is 0 Å². The third kappa shape index (κ3) is 67.9. The molecule has 0 saturated carbocycles. The zero-order valence-corrected chi connectivity index (χ0v) is 7.11. The molecule has 0 aromatic rings.